The number of likely N-dealkylation sites (tertiary alicyclic amines) is 1. The van der Waals surface area contributed by atoms with E-state index < -0.39 is 0 Å². The van der Waals surface area contributed by atoms with Gasteiger partial charge in [0.25, 0.3) is 0 Å². The van der Waals surface area contributed by atoms with Gasteiger partial charge in [-0.05, 0) is 55.4 Å². The van der Waals surface area contributed by atoms with Crippen LogP contribution in [0.4, 0.5) is 10.5 Å². The zero-order valence-electron chi connectivity index (χ0n) is 18.0. The molecule has 4 rings (SSSR count). The number of carbonyl (C=O) groups excluding carboxylic acids is 1. The molecule has 0 aliphatic carbocycles. The highest BCUT2D eigenvalue weighted by Crippen LogP contribution is 2.23. The molecule has 160 valence electrons. The van der Waals surface area contributed by atoms with Crippen LogP contribution in [0.2, 0.25) is 0 Å². The van der Waals surface area contributed by atoms with Crippen molar-refractivity contribution in [2.75, 3.05) is 37.6 Å². The van der Waals surface area contributed by atoms with E-state index in [1.165, 1.54) is 16.8 Å². The average Bonchev–Trinajstić information content (AvgIpc) is 3.25. The molecule has 5 nitrogen and oxygen atoms in total. The van der Waals surface area contributed by atoms with Crippen molar-refractivity contribution >= 4 is 11.7 Å². The minimum absolute atomic E-state index is 0.00878. The van der Waals surface area contributed by atoms with Crippen LogP contribution >= 0.6 is 0 Å². The van der Waals surface area contributed by atoms with Crippen molar-refractivity contribution in [1.29, 1.82) is 0 Å². The van der Waals surface area contributed by atoms with Crippen LogP contribution in [0.5, 0.6) is 0 Å². The van der Waals surface area contributed by atoms with Crippen molar-refractivity contribution in [1.82, 2.24) is 15.5 Å². The van der Waals surface area contributed by atoms with E-state index in [1.54, 1.807) is 0 Å². The fourth-order valence-corrected chi connectivity index (χ4v) is 4.61. The highest BCUT2D eigenvalue weighted by molar-refractivity contribution is 5.74. The van der Waals surface area contributed by atoms with Gasteiger partial charge < -0.3 is 15.5 Å². The molecule has 2 aromatic rings. The lowest BCUT2D eigenvalue weighted by Gasteiger charge is -2.32. The molecule has 30 heavy (non-hydrogen) atoms. The van der Waals surface area contributed by atoms with Crippen molar-refractivity contribution in [3.05, 3.63) is 65.7 Å². The maximum atomic E-state index is 12.4. The molecule has 2 N–H and O–H groups in total. The standard InChI is InChI=1S/C25H34N4O/c1-20-7-5-6-8-22(20)19-28-14-12-23(13-15-28)27-25(30)26-17-21-11-16-29(18-21)24-9-3-2-4-10-24/h2-10,21,23H,11-19H2,1H3,(H2,26,27,30)/t21-/m1/s1. The molecule has 2 amide bonds. The van der Waals surface area contributed by atoms with Gasteiger partial charge in [-0.3, -0.25) is 4.90 Å². The van der Waals surface area contributed by atoms with Crippen LogP contribution in [0.3, 0.4) is 0 Å². The molecular weight excluding hydrogens is 372 g/mol. The molecule has 0 unspecified atom stereocenters. The summed E-state index contributed by atoms with van der Waals surface area (Å²) in [7, 11) is 0. The number of benzene rings is 2. The monoisotopic (exact) mass is 406 g/mol. The van der Waals surface area contributed by atoms with Gasteiger partial charge >= 0.3 is 6.03 Å². The first-order valence-corrected chi connectivity index (χ1v) is 11.3. The molecule has 2 aliphatic rings. The van der Waals surface area contributed by atoms with Gasteiger partial charge in [0.05, 0.1) is 0 Å². The van der Waals surface area contributed by atoms with Crippen LogP contribution in [0, 0.1) is 12.8 Å². The summed E-state index contributed by atoms with van der Waals surface area (Å²) in [5.41, 5.74) is 4.04. The maximum Gasteiger partial charge on any atom is 0.315 e. The number of piperidine rings is 1. The van der Waals surface area contributed by atoms with Gasteiger partial charge in [0, 0.05) is 51.0 Å². The molecule has 0 saturated carbocycles. The number of anilines is 1. The Bertz CT molecular complexity index is 817. The number of para-hydroxylation sites is 1. The third kappa shape index (κ3) is 5.54. The first-order chi connectivity index (χ1) is 14.7. The van der Waals surface area contributed by atoms with Crippen LogP contribution < -0.4 is 15.5 Å². The van der Waals surface area contributed by atoms with Gasteiger partial charge in [-0.2, -0.15) is 0 Å². The van der Waals surface area contributed by atoms with Crippen molar-refractivity contribution < 1.29 is 4.79 Å². The minimum Gasteiger partial charge on any atom is -0.371 e. The van der Waals surface area contributed by atoms with Gasteiger partial charge in [-0.25, -0.2) is 4.79 Å². The van der Waals surface area contributed by atoms with Gasteiger partial charge in [-0.1, -0.05) is 42.5 Å². The van der Waals surface area contributed by atoms with E-state index in [1.807, 2.05) is 0 Å². The lowest BCUT2D eigenvalue weighted by molar-refractivity contribution is 0.186. The number of aryl methyl sites for hydroxylation is 1. The van der Waals surface area contributed by atoms with E-state index in [-0.39, 0.29) is 12.1 Å². The molecule has 2 heterocycles. The minimum atomic E-state index is -0.00878. The maximum absolute atomic E-state index is 12.4. The Labute approximate surface area is 180 Å². The molecule has 5 heteroatoms. The molecule has 0 bridgehead atoms. The van der Waals surface area contributed by atoms with Gasteiger partial charge in [0.15, 0.2) is 0 Å². The number of nitrogens with one attached hydrogen (secondary N) is 2. The van der Waals surface area contributed by atoms with Crippen molar-refractivity contribution in [2.45, 2.75) is 38.8 Å². The third-order valence-corrected chi connectivity index (χ3v) is 6.54. The second kappa shape index (κ2) is 9.98. The molecule has 0 radical (unpaired) electrons. The number of carbonyl (C=O) groups is 1. The van der Waals surface area contributed by atoms with Crippen molar-refractivity contribution in [2.24, 2.45) is 5.92 Å². The molecular formula is C25H34N4O. The topological polar surface area (TPSA) is 47.6 Å². The predicted octanol–water partition coefficient (Wildman–Crippen LogP) is 3.79. The average molecular weight is 407 g/mol. The van der Waals surface area contributed by atoms with Gasteiger partial charge in [0.2, 0.25) is 0 Å². The zero-order valence-corrected chi connectivity index (χ0v) is 18.0. The largest absolute Gasteiger partial charge is 0.371 e. The molecule has 2 fully saturated rings. The Hall–Kier alpha value is -2.53. The Morgan fingerprint density at radius 3 is 2.47 bits per heavy atom. The Kier molecular flexibility index (Phi) is 6.90. The quantitative estimate of drug-likeness (QED) is 0.767. The summed E-state index contributed by atoms with van der Waals surface area (Å²) in [6, 6.07) is 19.4. The Morgan fingerprint density at radius 1 is 0.967 bits per heavy atom. The van der Waals surface area contributed by atoms with E-state index in [4.69, 9.17) is 0 Å². The number of rotatable bonds is 6. The Balaban J connectivity index is 1.14. The van der Waals surface area contributed by atoms with Crippen LogP contribution in [0.25, 0.3) is 0 Å². The van der Waals surface area contributed by atoms with Crippen molar-refractivity contribution in [3.63, 3.8) is 0 Å². The molecule has 1 atom stereocenters. The molecule has 2 aromatic carbocycles. The van der Waals surface area contributed by atoms with E-state index in [9.17, 15) is 4.79 Å². The second-order valence-corrected chi connectivity index (χ2v) is 8.77. The van der Waals surface area contributed by atoms with E-state index in [0.717, 1.165) is 58.5 Å². The highest BCUT2D eigenvalue weighted by atomic mass is 16.2. The third-order valence-electron chi connectivity index (χ3n) is 6.54. The summed E-state index contributed by atoms with van der Waals surface area (Å²) in [5, 5.41) is 6.30. The number of hydrogen-bond acceptors (Lipinski definition) is 3. The summed E-state index contributed by atoms with van der Waals surface area (Å²) in [4.78, 5) is 17.3. The van der Waals surface area contributed by atoms with Crippen LogP contribution in [0.1, 0.15) is 30.4 Å². The van der Waals surface area contributed by atoms with Crippen LogP contribution in [-0.4, -0.2) is 49.7 Å². The van der Waals surface area contributed by atoms with E-state index >= 15 is 0 Å². The normalized spacial score (nSPS) is 20.3. The first-order valence-electron chi connectivity index (χ1n) is 11.3. The number of urea groups is 1. The van der Waals surface area contributed by atoms with E-state index in [2.05, 4.69) is 82.0 Å². The fraction of sp³-hybridized carbons (Fsp3) is 0.480. The smallest absolute Gasteiger partial charge is 0.315 e. The number of amides is 2. The highest BCUT2D eigenvalue weighted by Gasteiger charge is 2.24. The van der Waals surface area contributed by atoms with Crippen LogP contribution in [-0.2, 0) is 6.54 Å². The lowest BCUT2D eigenvalue weighted by Crippen LogP contribution is -2.48. The fourth-order valence-electron chi connectivity index (χ4n) is 4.61. The summed E-state index contributed by atoms with van der Waals surface area (Å²) < 4.78 is 0. The Morgan fingerprint density at radius 2 is 1.70 bits per heavy atom. The SMILES string of the molecule is Cc1ccccc1CN1CCC(NC(=O)NC[C@H]2CCN(c3ccccc3)C2)CC1. The first kappa shape index (κ1) is 20.7. The summed E-state index contributed by atoms with van der Waals surface area (Å²) in [6.07, 6.45) is 3.17. The summed E-state index contributed by atoms with van der Waals surface area (Å²) in [6.45, 7) is 8.09. The predicted molar refractivity (Wildman–Crippen MR) is 123 cm³/mol. The molecule has 0 aromatic heterocycles. The number of hydrogen-bond donors (Lipinski definition) is 2. The van der Waals surface area contributed by atoms with Crippen molar-refractivity contribution in [3.8, 4) is 0 Å². The summed E-state index contributed by atoms with van der Waals surface area (Å²) in [5.74, 6) is 0.520. The van der Waals surface area contributed by atoms with Gasteiger partial charge in [0.1, 0.15) is 0 Å². The van der Waals surface area contributed by atoms with Gasteiger partial charge in [-0.15, -0.1) is 0 Å². The summed E-state index contributed by atoms with van der Waals surface area (Å²) >= 11 is 0. The second-order valence-electron chi connectivity index (χ2n) is 8.77. The number of nitrogens with zero attached hydrogens (tertiary/aromatic N) is 2. The lowest BCUT2D eigenvalue weighted by atomic mass is 10.0. The molecule has 2 saturated heterocycles. The van der Waals surface area contributed by atoms with Crippen LogP contribution in [0.15, 0.2) is 54.6 Å². The molecule has 0 spiro atoms. The zero-order chi connectivity index (χ0) is 20.8. The van der Waals surface area contributed by atoms with E-state index in [0.29, 0.717) is 5.92 Å². The molecule has 2 aliphatic heterocycles.